The van der Waals surface area contributed by atoms with Crippen molar-refractivity contribution in [1.82, 2.24) is 10.2 Å². The number of hydrogen-bond acceptors (Lipinski definition) is 3. The van der Waals surface area contributed by atoms with Crippen LogP contribution in [0.25, 0.3) is 21.5 Å². The highest BCUT2D eigenvalue weighted by atomic mass is 16.2. The molecule has 0 saturated heterocycles. The predicted molar refractivity (Wildman–Crippen MR) is 116 cm³/mol. The Morgan fingerprint density at radius 2 is 1.43 bits per heavy atom. The molecule has 0 radical (unpaired) electrons. The van der Waals surface area contributed by atoms with E-state index in [0.717, 1.165) is 25.8 Å². The fraction of sp³-hybridized carbons (Fsp3) is 0.375. The van der Waals surface area contributed by atoms with Gasteiger partial charge in [0.2, 0.25) is 5.91 Å². The van der Waals surface area contributed by atoms with Crippen molar-refractivity contribution in [1.29, 1.82) is 0 Å². The Morgan fingerprint density at radius 1 is 0.893 bits per heavy atom. The van der Waals surface area contributed by atoms with Crippen molar-refractivity contribution in [2.24, 2.45) is 0 Å². The molecule has 0 heterocycles. The second-order valence-corrected chi connectivity index (χ2v) is 7.36. The summed E-state index contributed by atoms with van der Waals surface area (Å²) in [7, 11) is 3.86. The van der Waals surface area contributed by atoms with Gasteiger partial charge in [-0.05, 0) is 52.6 Å². The van der Waals surface area contributed by atoms with Gasteiger partial charge in [0.1, 0.15) is 0 Å². The van der Waals surface area contributed by atoms with Crippen molar-refractivity contribution < 1.29 is 9.90 Å². The van der Waals surface area contributed by atoms with E-state index in [1.165, 1.54) is 32.7 Å². The summed E-state index contributed by atoms with van der Waals surface area (Å²) in [4.78, 5) is 14.4. The third kappa shape index (κ3) is 4.34. The van der Waals surface area contributed by atoms with Crippen LogP contribution in [-0.2, 0) is 17.9 Å². The van der Waals surface area contributed by atoms with Gasteiger partial charge in [0.15, 0.2) is 0 Å². The molecule has 4 heteroatoms. The number of aliphatic hydroxyl groups excluding tert-OH is 1. The van der Waals surface area contributed by atoms with E-state index in [-0.39, 0.29) is 12.5 Å². The Hall–Kier alpha value is -2.43. The smallest absolute Gasteiger partial charge is 0.222 e. The molecule has 0 saturated carbocycles. The molecule has 0 spiro atoms. The maximum absolute atomic E-state index is 12.6. The number of fused-ring (bicyclic) bond motifs is 2. The molecular weight excluding hydrogens is 348 g/mol. The highest BCUT2D eigenvalue weighted by Crippen LogP contribution is 2.33. The zero-order valence-electron chi connectivity index (χ0n) is 16.9. The fourth-order valence-corrected chi connectivity index (χ4v) is 3.93. The summed E-state index contributed by atoms with van der Waals surface area (Å²) in [5.41, 5.74) is 2.51. The van der Waals surface area contributed by atoms with Gasteiger partial charge in [-0.25, -0.2) is 0 Å². The Labute approximate surface area is 167 Å². The molecule has 0 aliphatic heterocycles. The van der Waals surface area contributed by atoms with Crippen molar-refractivity contribution in [2.75, 3.05) is 20.7 Å². The lowest BCUT2D eigenvalue weighted by atomic mass is 9.91. The van der Waals surface area contributed by atoms with Crippen molar-refractivity contribution >= 4 is 27.5 Å². The van der Waals surface area contributed by atoms with Crippen molar-refractivity contribution in [3.63, 3.8) is 0 Å². The number of hydrogen-bond donors (Lipinski definition) is 2. The van der Waals surface area contributed by atoms with E-state index in [9.17, 15) is 4.79 Å². The number of rotatable bonds is 9. The molecule has 0 aliphatic rings. The minimum absolute atomic E-state index is 0.158. The fourth-order valence-electron chi connectivity index (χ4n) is 3.93. The number of unbranched alkanes of at least 4 members (excludes halogenated alkanes) is 2. The quantitative estimate of drug-likeness (QED) is 0.433. The maximum atomic E-state index is 12.6. The average Bonchev–Trinajstić information content (AvgIpc) is 2.73. The van der Waals surface area contributed by atoms with Crippen LogP contribution in [0.2, 0.25) is 0 Å². The van der Waals surface area contributed by atoms with Crippen LogP contribution >= 0.6 is 0 Å². The second-order valence-electron chi connectivity index (χ2n) is 7.36. The van der Waals surface area contributed by atoms with Gasteiger partial charge >= 0.3 is 0 Å². The van der Waals surface area contributed by atoms with Gasteiger partial charge in [0, 0.05) is 33.2 Å². The van der Waals surface area contributed by atoms with E-state index in [2.05, 4.69) is 53.8 Å². The standard InChI is InChI=1S/C24H30N2O2/c1-25-16-22-18-10-5-7-12-20(18)23(21-13-8-6-11-19(21)22)17-26(2)24(28)14-4-3-9-15-27/h5-8,10-13,25,27H,3-4,9,14-17H2,1-2H3. The summed E-state index contributed by atoms with van der Waals surface area (Å²) in [6.45, 7) is 1.60. The molecule has 4 nitrogen and oxygen atoms in total. The first kappa shape index (κ1) is 20.3. The Bertz CT molecular complexity index is 895. The van der Waals surface area contributed by atoms with Crippen LogP contribution in [0.1, 0.15) is 36.8 Å². The molecule has 148 valence electrons. The molecule has 3 rings (SSSR count). The minimum atomic E-state index is 0.158. The highest BCUT2D eigenvalue weighted by Gasteiger charge is 2.16. The molecule has 28 heavy (non-hydrogen) atoms. The van der Waals surface area contributed by atoms with Crippen LogP contribution in [-0.4, -0.2) is 36.6 Å². The molecule has 0 aliphatic carbocycles. The predicted octanol–water partition coefficient (Wildman–Crippen LogP) is 4.22. The van der Waals surface area contributed by atoms with E-state index in [1.807, 2.05) is 19.0 Å². The summed E-state index contributed by atoms with van der Waals surface area (Å²) in [5.74, 6) is 0.158. The van der Waals surface area contributed by atoms with E-state index < -0.39 is 0 Å². The molecule has 2 N–H and O–H groups in total. The van der Waals surface area contributed by atoms with E-state index in [0.29, 0.717) is 13.0 Å². The summed E-state index contributed by atoms with van der Waals surface area (Å²) in [6.07, 6.45) is 3.01. The zero-order valence-corrected chi connectivity index (χ0v) is 16.9. The molecule has 3 aromatic carbocycles. The minimum Gasteiger partial charge on any atom is -0.396 e. The number of carbonyl (C=O) groups excluding carboxylic acids is 1. The van der Waals surface area contributed by atoms with Crippen molar-refractivity contribution in [3.8, 4) is 0 Å². The summed E-state index contributed by atoms with van der Waals surface area (Å²) in [6, 6.07) is 17.0. The van der Waals surface area contributed by atoms with Crippen LogP contribution in [0, 0.1) is 0 Å². The zero-order chi connectivity index (χ0) is 19.9. The first-order valence-corrected chi connectivity index (χ1v) is 10.1. The normalized spacial score (nSPS) is 11.2. The molecule has 0 atom stereocenters. The first-order chi connectivity index (χ1) is 13.7. The Balaban J connectivity index is 1.98. The summed E-state index contributed by atoms with van der Waals surface area (Å²) < 4.78 is 0. The largest absolute Gasteiger partial charge is 0.396 e. The van der Waals surface area contributed by atoms with Crippen LogP contribution in [0.15, 0.2) is 48.5 Å². The van der Waals surface area contributed by atoms with Gasteiger partial charge in [-0.15, -0.1) is 0 Å². The third-order valence-electron chi connectivity index (χ3n) is 5.38. The second kappa shape index (κ2) is 9.67. The molecule has 0 aromatic heterocycles. The average molecular weight is 379 g/mol. The monoisotopic (exact) mass is 378 g/mol. The lowest BCUT2D eigenvalue weighted by Gasteiger charge is -2.22. The van der Waals surface area contributed by atoms with Gasteiger partial charge in [-0.1, -0.05) is 55.0 Å². The van der Waals surface area contributed by atoms with Gasteiger partial charge in [0.25, 0.3) is 0 Å². The summed E-state index contributed by atoms with van der Waals surface area (Å²) >= 11 is 0. The Morgan fingerprint density at radius 3 is 1.93 bits per heavy atom. The van der Waals surface area contributed by atoms with Crippen molar-refractivity contribution in [3.05, 3.63) is 59.7 Å². The molecule has 0 unspecified atom stereocenters. The number of benzene rings is 3. The summed E-state index contributed by atoms with van der Waals surface area (Å²) in [5, 5.41) is 17.1. The molecular formula is C24H30N2O2. The van der Waals surface area contributed by atoms with Crippen LogP contribution in [0.3, 0.4) is 0 Å². The van der Waals surface area contributed by atoms with Gasteiger partial charge in [0.05, 0.1) is 0 Å². The number of nitrogens with zero attached hydrogens (tertiary/aromatic N) is 1. The first-order valence-electron chi connectivity index (χ1n) is 10.1. The molecule has 0 fully saturated rings. The topological polar surface area (TPSA) is 52.6 Å². The highest BCUT2D eigenvalue weighted by molar-refractivity contribution is 6.06. The van der Waals surface area contributed by atoms with Crippen LogP contribution in [0.4, 0.5) is 0 Å². The third-order valence-corrected chi connectivity index (χ3v) is 5.38. The van der Waals surface area contributed by atoms with E-state index >= 15 is 0 Å². The molecule has 0 bridgehead atoms. The lowest BCUT2D eigenvalue weighted by molar-refractivity contribution is -0.130. The number of amides is 1. The van der Waals surface area contributed by atoms with Gasteiger partial charge in [-0.3, -0.25) is 4.79 Å². The van der Waals surface area contributed by atoms with Crippen LogP contribution in [0.5, 0.6) is 0 Å². The van der Waals surface area contributed by atoms with E-state index in [1.54, 1.807) is 0 Å². The van der Waals surface area contributed by atoms with Gasteiger partial charge in [-0.2, -0.15) is 0 Å². The Kier molecular flexibility index (Phi) is 7.01. The maximum Gasteiger partial charge on any atom is 0.222 e. The SMILES string of the molecule is CNCc1c2ccccc2c(CN(C)C(=O)CCCCCO)c2ccccc12. The number of aliphatic hydroxyl groups is 1. The number of nitrogens with one attached hydrogen (secondary N) is 1. The van der Waals surface area contributed by atoms with Crippen molar-refractivity contribution in [2.45, 2.75) is 38.8 Å². The lowest BCUT2D eigenvalue weighted by Crippen LogP contribution is -2.26. The van der Waals surface area contributed by atoms with Crippen LogP contribution < -0.4 is 5.32 Å². The molecule has 1 amide bonds. The number of carbonyl (C=O) groups is 1. The van der Waals surface area contributed by atoms with E-state index in [4.69, 9.17) is 5.11 Å². The molecule has 3 aromatic rings. The van der Waals surface area contributed by atoms with Gasteiger partial charge < -0.3 is 15.3 Å².